The SMILES string of the molecule is CO[C@H](CN1C[C@H]2CC(Oc3ccc(F)cc3)C[C@@H]2C1)c1ccc(OCc2ccccc2)cc1. The van der Waals surface area contributed by atoms with Crippen LogP contribution in [0.3, 0.4) is 0 Å². The van der Waals surface area contributed by atoms with Gasteiger partial charge in [0.2, 0.25) is 0 Å². The lowest BCUT2D eigenvalue weighted by atomic mass is 10.0. The van der Waals surface area contributed by atoms with E-state index in [4.69, 9.17) is 14.2 Å². The van der Waals surface area contributed by atoms with Crippen molar-refractivity contribution in [3.05, 3.63) is 95.8 Å². The summed E-state index contributed by atoms with van der Waals surface area (Å²) in [5, 5.41) is 0. The molecule has 1 aliphatic heterocycles. The van der Waals surface area contributed by atoms with Gasteiger partial charge in [-0.2, -0.15) is 0 Å². The highest BCUT2D eigenvalue weighted by molar-refractivity contribution is 5.29. The normalized spacial score (nSPS) is 21.4. The summed E-state index contributed by atoms with van der Waals surface area (Å²) in [6, 6.07) is 24.8. The van der Waals surface area contributed by atoms with E-state index in [-0.39, 0.29) is 18.0 Å². The van der Waals surface area contributed by atoms with Crippen molar-refractivity contribution in [2.45, 2.75) is 31.7 Å². The summed E-state index contributed by atoms with van der Waals surface area (Å²) < 4.78 is 31.0. The Balaban J connectivity index is 1.10. The molecule has 178 valence electrons. The third-order valence-corrected chi connectivity index (χ3v) is 7.11. The van der Waals surface area contributed by atoms with Crippen molar-refractivity contribution in [3.8, 4) is 11.5 Å². The summed E-state index contributed by atoms with van der Waals surface area (Å²) in [4.78, 5) is 2.53. The molecule has 1 aliphatic carbocycles. The molecule has 0 unspecified atom stereocenters. The number of methoxy groups -OCH3 is 1. The molecule has 0 bridgehead atoms. The smallest absolute Gasteiger partial charge is 0.123 e. The van der Waals surface area contributed by atoms with E-state index in [1.807, 2.05) is 30.3 Å². The van der Waals surface area contributed by atoms with E-state index in [2.05, 4.69) is 29.2 Å². The van der Waals surface area contributed by atoms with Crippen LogP contribution in [0.15, 0.2) is 78.9 Å². The minimum atomic E-state index is -0.228. The van der Waals surface area contributed by atoms with Gasteiger partial charge in [-0.1, -0.05) is 42.5 Å². The lowest BCUT2D eigenvalue weighted by Gasteiger charge is -2.25. The van der Waals surface area contributed by atoms with Crippen LogP contribution in [0.2, 0.25) is 0 Å². The summed E-state index contributed by atoms with van der Waals surface area (Å²) in [5.41, 5.74) is 2.33. The van der Waals surface area contributed by atoms with E-state index < -0.39 is 0 Å². The zero-order valence-electron chi connectivity index (χ0n) is 19.6. The quantitative estimate of drug-likeness (QED) is 0.398. The first-order valence-electron chi connectivity index (χ1n) is 12.1. The third-order valence-electron chi connectivity index (χ3n) is 7.11. The van der Waals surface area contributed by atoms with Crippen LogP contribution in [-0.4, -0.2) is 37.7 Å². The minimum absolute atomic E-state index is 0.0354. The highest BCUT2D eigenvalue weighted by Gasteiger charge is 2.42. The van der Waals surface area contributed by atoms with Gasteiger partial charge in [0.25, 0.3) is 0 Å². The largest absolute Gasteiger partial charge is 0.490 e. The monoisotopic (exact) mass is 461 g/mol. The van der Waals surface area contributed by atoms with E-state index in [0.717, 1.165) is 49.5 Å². The van der Waals surface area contributed by atoms with Crippen LogP contribution in [0.25, 0.3) is 0 Å². The molecule has 1 heterocycles. The van der Waals surface area contributed by atoms with Gasteiger partial charge in [0.15, 0.2) is 0 Å². The molecule has 3 aromatic carbocycles. The molecule has 0 aromatic heterocycles. The molecule has 3 atom stereocenters. The van der Waals surface area contributed by atoms with Crippen molar-refractivity contribution in [1.29, 1.82) is 0 Å². The van der Waals surface area contributed by atoms with Gasteiger partial charge in [0, 0.05) is 26.7 Å². The standard InChI is InChI=1S/C29H32FNO3/c1-32-29(22-7-11-26(12-8-22)33-20-21-5-3-2-4-6-21)19-31-17-23-15-28(16-24(23)18-31)34-27-13-9-25(30)10-14-27/h2-14,23-24,28-29H,15-20H2,1H3/t23-,24-,29-/m1/s1. The van der Waals surface area contributed by atoms with E-state index in [9.17, 15) is 4.39 Å². The summed E-state index contributed by atoms with van der Waals surface area (Å²) in [7, 11) is 1.79. The van der Waals surface area contributed by atoms with Crippen LogP contribution in [0.1, 0.15) is 30.1 Å². The molecule has 1 saturated carbocycles. The molecular formula is C29H32FNO3. The van der Waals surface area contributed by atoms with Crippen molar-refractivity contribution in [2.24, 2.45) is 11.8 Å². The Morgan fingerprint density at radius 1 is 0.853 bits per heavy atom. The fourth-order valence-corrected chi connectivity index (χ4v) is 5.36. The first-order chi connectivity index (χ1) is 16.7. The molecule has 1 saturated heterocycles. The topological polar surface area (TPSA) is 30.9 Å². The molecule has 2 fully saturated rings. The predicted molar refractivity (Wildman–Crippen MR) is 130 cm³/mol. The number of halogens is 1. The molecule has 4 nitrogen and oxygen atoms in total. The van der Waals surface area contributed by atoms with Crippen LogP contribution in [-0.2, 0) is 11.3 Å². The van der Waals surface area contributed by atoms with Crippen LogP contribution < -0.4 is 9.47 Å². The number of nitrogens with zero attached hydrogens (tertiary/aromatic N) is 1. The van der Waals surface area contributed by atoms with Crippen LogP contribution >= 0.6 is 0 Å². The molecule has 5 rings (SSSR count). The van der Waals surface area contributed by atoms with Gasteiger partial charge < -0.3 is 14.2 Å². The number of likely N-dealkylation sites (tertiary alicyclic amines) is 1. The lowest BCUT2D eigenvalue weighted by Crippen LogP contribution is -2.29. The van der Waals surface area contributed by atoms with Gasteiger partial charge in [0.1, 0.15) is 23.9 Å². The number of hydrogen-bond donors (Lipinski definition) is 0. The molecule has 0 radical (unpaired) electrons. The molecule has 0 amide bonds. The zero-order valence-corrected chi connectivity index (χ0v) is 19.6. The summed E-state index contributed by atoms with van der Waals surface area (Å²) in [6.07, 6.45) is 2.38. The molecular weight excluding hydrogens is 429 g/mol. The number of fused-ring (bicyclic) bond motifs is 1. The van der Waals surface area contributed by atoms with Crippen LogP contribution in [0.5, 0.6) is 11.5 Å². The second-order valence-corrected chi connectivity index (χ2v) is 9.47. The first-order valence-corrected chi connectivity index (χ1v) is 12.1. The Bertz CT molecular complexity index is 1030. The maximum absolute atomic E-state index is 13.1. The summed E-state index contributed by atoms with van der Waals surface area (Å²) >= 11 is 0. The van der Waals surface area contributed by atoms with Crippen LogP contribution in [0, 0.1) is 17.7 Å². The molecule has 5 heteroatoms. The lowest BCUT2D eigenvalue weighted by molar-refractivity contribution is 0.0667. The highest BCUT2D eigenvalue weighted by atomic mass is 19.1. The Kier molecular flexibility index (Phi) is 7.12. The van der Waals surface area contributed by atoms with Crippen LogP contribution in [0.4, 0.5) is 4.39 Å². The molecule has 2 aliphatic rings. The third kappa shape index (κ3) is 5.60. The molecule has 34 heavy (non-hydrogen) atoms. The zero-order chi connectivity index (χ0) is 23.3. The number of rotatable bonds is 9. The Morgan fingerprint density at radius 3 is 2.15 bits per heavy atom. The van der Waals surface area contributed by atoms with Gasteiger partial charge in [-0.25, -0.2) is 4.39 Å². The Hall–Kier alpha value is -2.89. The predicted octanol–water partition coefficient (Wildman–Crippen LogP) is 5.88. The van der Waals surface area contributed by atoms with Crippen molar-refractivity contribution in [2.75, 3.05) is 26.7 Å². The summed E-state index contributed by atoms with van der Waals surface area (Å²) in [6.45, 7) is 3.60. The van der Waals surface area contributed by atoms with Gasteiger partial charge in [-0.05, 0) is 72.2 Å². The Morgan fingerprint density at radius 2 is 1.50 bits per heavy atom. The second kappa shape index (κ2) is 10.6. The van der Waals surface area contributed by atoms with Crippen molar-refractivity contribution in [1.82, 2.24) is 4.90 Å². The maximum atomic E-state index is 13.1. The van der Waals surface area contributed by atoms with Crippen molar-refractivity contribution >= 4 is 0 Å². The maximum Gasteiger partial charge on any atom is 0.123 e. The highest BCUT2D eigenvalue weighted by Crippen LogP contribution is 2.40. The van der Waals surface area contributed by atoms with E-state index >= 15 is 0 Å². The van der Waals surface area contributed by atoms with E-state index in [1.54, 1.807) is 19.2 Å². The van der Waals surface area contributed by atoms with E-state index in [0.29, 0.717) is 18.4 Å². The molecule has 3 aromatic rings. The average Bonchev–Trinajstić information content (AvgIpc) is 3.42. The Labute approximate surface area is 201 Å². The molecule has 0 spiro atoms. The summed E-state index contributed by atoms with van der Waals surface area (Å²) in [5.74, 6) is 2.70. The van der Waals surface area contributed by atoms with Gasteiger partial charge in [-0.3, -0.25) is 4.90 Å². The van der Waals surface area contributed by atoms with Gasteiger partial charge >= 0.3 is 0 Å². The fourth-order valence-electron chi connectivity index (χ4n) is 5.36. The number of benzene rings is 3. The molecule has 0 N–H and O–H groups in total. The van der Waals surface area contributed by atoms with Gasteiger partial charge in [0.05, 0.1) is 12.2 Å². The van der Waals surface area contributed by atoms with Crippen molar-refractivity contribution in [3.63, 3.8) is 0 Å². The average molecular weight is 462 g/mol. The second-order valence-electron chi connectivity index (χ2n) is 9.47. The fraction of sp³-hybridized carbons (Fsp3) is 0.379. The number of hydrogen-bond acceptors (Lipinski definition) is 4. The van der Waals surface area contributed by atoms with Gasteiger partial charge in [-0.15, -0.1) is 0 Å². The minimum Gasteiger partial charge on any atom is -0.490 e. The number of ether oxygens (including phenoxy) is 3. The first kappa shape index (κ1) is 22.9. The van der Waals surface area contributed by atoms with E-state index in [1.165, 1.54) is 17.7 Å². The van der Waals surface area contributed by atoms with Crippen molar-refractivity contribution < 1.29 is 18.6 Å².